The van der Waals surface area contributed by atoms with Gasteiger partial charge in [0, 0.05) is 12.1 Å². The molecule has 5 rings (SSSR count). The third kappa shape index (κ3) is 3.94. The van der Waals surface area contributed by atoms with Crippen LogP contribution in [0.25, 0.3) is 21.9 Å². The lowest BCUT2D eigenvalue weighted by Gasteiger charge is -2.49. The second-order valence-electron chi connectivity index (χ2n) is 9.29. The molecule has 0 amide bonds. The van der Waals surface area contributed by atoms with Crippen molar-refractivity contribution in [2.24, 2.45) is 0 Å². The van der Waals surface area contributed by atoms with Crippen LogP contribution >= 0.6 is 0 Å². The van der Waals surface area contributed by atoms with Crippen molar-refractivity contribution in [1.29, 1.82) is 5.26 Å². The average molecular weight is 482 g/mol. The Morgan fingerprint density at radius 2 is 2.03 bits per heavy atom. The molecule has 0 saturated carbocycles. The molecule has 1 saturated heterocycles. The summed E-state index contributed by atoms with van der Waals surface area (Å²) in [7, 11) is 0. The summed E-state index contributed by atoms with van der Waals surface area (Å²) in [6, 6.07) is 13.7. The molecule has 0 spiro atoms. The summed E-state index contributed by atoms with van der Waals surface area (Å²) in [6.07, 6.45) is 3.60. The minimum absolute atomic E-state index is 0.243. The highest BCUT2D eigenvalue weighted by Crippen LogP contribution is 2.31. The molecule has 1 unspecified atom stereocenters. The van der Waals surface area contributed by atoms with Crippen LogP contribution in [-0.2, 0) is 6.42 Å². The van der Waals surface area contributed by atoms with Crippen LogP contribution in [0.2, 0.25) is 0 Å². The van der Waals surface area contributed by atoms with Gasteiger partial charge in [-0.3, -0.25) is 15.1 Å². The first-order chi connectivity index (χ1) is 17.5. The van der Waals surface area contributed by atoms with E-state index in [4.69, 9.17) is 0 Å². The van der Waals surface area contributed by atoms with E-state index in [1.54, 1.807) is 6.92 Å². The Morgan fingerprint density at radius 3 is 2.81 bits per heavy atom. The van der Waals surface area contributed by atoms with Gasteiger partial charge >= 0.3 is 11.2 Å². The molecule has 1 aliphatic rings. The molecule has 1 fully saturated rings. The Hall–Kier alpha value is -4.34. The molecule has 1 aliphatic heterocycles. The quantitative estimate of drug-likeness (QED) is 0.376. The molecule has 3 heterocycles. The fourth-order valence-corrected chi connectivity index (χ4v) is 5.35. The molecule has 2 aromatic carbocycles. The fraction of sp³-hybridized carbons (Fsp3) is 0.333. The van der Waals surface area contributed by atoms with Gasteiger partial charge in [0.1, 0.15) is 0 Å². The Bertz CT molecular complexity index is 1660. The number of rotatable bonds is 5. The van der Waals surface area contributed by atoms with Crippen molar-refractivity contribution >= 4 is 21.9 Å². The van der Waals surface area contributed by atoms with Crippen LogP contribution in [0.3, 0.4) is 0 Å². The smallest absolute Gasteiger partial charge is 0.339 e. The number of nitrogens with zero attached hydrogens (tertiary/aromatic N) is 4. The molecule has 0 aliphatic carbocycles. The van der Waals surface area contributed by atoms with Gasteiger partial charge in [-0.25, -0.2) is 9.78 Å². The molecule has 182 valence electrons. The number of fused-ring (bicyclic) bond motifs is 2. The van der Waals surface area contributed by atoms with E-state index in [1.807, 2.05) is 41.4 Å². The Kier molecular flexibility index (Phi) is 6.09. The summed E-state index contributed by atoms with van der Waals surface area (Å²) in [4.78, 5) is 36.2. The second kappa shape index (κ2) is 9.37. The van der Waals surface area contributed by atoms with Gasteiger partial charge in [0.25, 0.3) is 0 Å². The SMILES string of the molecule is CC#CCN[C@]1(C)CCCN(n2c(=O)[nH]c3nc[nH]c3c2=O)C1Cc1ccc(C#N)c2ccccc12. The lowest BCUT2D eigenvalue weighted by Crippen LogP contribution is -2.69. The van der Waals surface area contributed by atoms with Crippen LogP contribution in [0.4, 0.5) is 0 Å². The zero-order chi connectivity index (χ0) is 25.3. The van der Waals surface area contributed by atoms with Gasteiger partial charge in [0.15, 0.2) is 11.2 Å². The zero-order valence-corrected chi connectivity index (χ0v) is 20.3. The number of imidazole rings is 1. The van der Waals surface area contributed by atoms with Gasteiger partial charge in [0.2, 0.25) is 0 Å². The van der Waals surface area contributed by atoms with Gasteiger partial charge in [-0.05, 0) is 55.5 Å². The van der Waals surface area contributed by atoms with Gasteiger partial charge in [-0.15, -0.1) is 5.92 Å². The zero-order valence-electron chi connectivity index (χ0n) is 20.3. The second-order valence-corrected chi connectivity index (χ2v) is 9.29. The lowest BCUT2D eigenvalue weighted by molar-refractivity contribution is 0.199. The number of piperidine rings is 1. The summed E-state index contributed by atoms with van der Waals surface area (Å²) in [5, 5.41) is 17.0. The summed E-state index contributed by atoms with van der Waals surface area (Å²) in [6.45, 7) is 4.96. The highest BCUT2D eigenvalue weighted by molar-refractivity contribution is 5.90. The van der Waals surface area contributed by atoms with E-state index >= 15 is 0 Å². The van der Waals surface area contributed by atoms with Crippen LogP contribution < -0.4 is 21.6 Å². The van der Waals surface area contributed by atoms with Gasteiger partial charge in [-0.2, -0.15) is 9.94 Å². The van der Waals surface area contributed by atoms with Crippen molar-refractivity contribution < 1.29 is 0 Å². The molecule has 3 N–H and O–H groups in total. The molecule has 2 atom stereocenters. The number of nitrogens with one attached hydrogen (secondary N) is 3. The maximum atomic E-state index is 13.4. The Balaban J connectivity index is 1.66. The molecule has 36 heavy (non-hydrogen) atoms. The molecule has 0 radical (unpaired) electrons. The summed E-state index contributed by atoms with van der Waals surface area (Å²) < 4.78 is 1.21. The molecule has 2 aromatic heterocycles. The first-order valence-corrected chi connectivity index (χ1v) is 12.0. The molecule has 0 bridgehead atoms. The number of hydrogen-bond acceptors (Lipinski definition) is 6. The van der Waals surface area contributed by atoms with Crippen molar-refractivity contribution in [3.8, 4) is 17.9 Å². The van der Waals surface area contributed by atoms with E-state index in [1.165, 1.54) is 11.0 Å². The fourth-order valence-electron chi connectivity index (χ4n) is 5.35. The van der Waals surface area contributed by atoms with Crippen LogP contribution in [0.15, 0.2) is 52.3 Å². The summed E-state index contributed by atoms with van der Waals surface area (Å²) >= 11 is 0. The Labute approximate surface area is 207 Å². The van der Waals surface area contributed by atoms with Gasteiger partial charge in [-0.1, -0.05) is 36.3 Å². The first kappa shape index (κ1) is 23.4. The van der Waals surface area contributed by atoms with Crippen molar-refractivity contribution in [1.82, 2.24) is 24.9 Å². The largest absolute Gasteiger partial charge is 0.349 e. The number of aromatic nitrogens is 4. The minimum atomic E-state index is -0.521. The third-order valence-electron chi connectivity index (χ3n) is 7.20. The third-order valence-corrected chi connectivity index (χ3v) is 7.20. The summed E-state index contributed by atoms with van der Waals surface area (Å²) in [5.74, 6) is 6.01. The van der Waals surface area contributed by atoms with Gasteiger partial charge in [0.05, 0.1) is 30.5 Å². The number of nitriles is 1. The number of aromatic amines is 2. The van der Waals surface area contributed by atoms with Crippen LogP contribution in [0.5, 0.6) is 0 Å². The topological polar surface area (TPSA) is 123 Å². The van der Waals surface area contributed by atoms with E-state index in [9.17, 15) is 14.9 Å². The van der Waals surface area contributed by atoms with Crippen LogP contribution in [0.1, 0.15) is 37.8 Å². The number of benzene rings is 2. The predicted octanol–water partition coefficient (Wildman–Crippen LogP) is 2.15. The van der Waals surface area contributed by atoms with Crippen molar-refractivity contribution in [2.75, 3.05) is 18.1 Å². The van der Waals surface area contributed by atoms with Crippen LogP contribution in [0, 0.1) is 23.2 Å². The van der Waals surface area contributed by atoms with Crippen molar-refractivity contribution in [3.05, 3.63) is 74.7 Å². The lowest BCUT2D eigenvalue weighted by atomic mass is 9.79. The van der Waals surface area contributed by atoms with Crippen molar-refractivity contribution in [3.63, 3.8) is 0 Å². The van der Waals surface area contributed by atoms with Crippen LogP contribution in [-0.4, -0.2) is 44.3 Å². The molecular weight excluding hydrogens is 454 g/mol. The molecule has 9 heteroatoms. The number of H-pyrrole nitrogens is 2. The normalized spacial score (nSPS) is 19.7. The van der Waals surface area contributed by atoms with Crippen molar-refractivity contribution in [2.45, 2.75) is 44.7 Å². The first-order valence-electron chi connectivity index (χ1n) is 12.0. The predicted molar refractivity (Wildman–Crippen MR) is 139 cm³/mol. The minimum Gasteiger partial charge on any atom is -0.339 e. The Morgan fingerprint density at radius 1 is 1.22 bits per heavy atom. The molecule has 9 nitrogen and oxygen atoms in total. The highest BCUT2D eigenvalue weighted by Gasteiger charge is 2.42. The van der Waals surface area contributed by atoms with E-state index in [0.29, 0.717) is 25.1 Å². The van der Waals surface area contributed by atoms with Gasteiger partial charge < -0.3 is 9.99 Å². The molecular formula is C27H27N7O2. The maximum absolute atomic E-state index is 13.4. The number of hydrogen-bond donors (Lipinski definition) is 3. The molecule has 4 aromatic rings. The monoisotopic (exact) mass is 481 g/mol. The standard InChI is InChI=1S/C27H27N7O2/c1-3-4-13-31-27(2)12-7-14-33(34-25(35)23-24(30-17-29-23)32-26(34)36)22(27)15-18-10-11-19(16-28)21-9-6-5-8-20(18)21/h5-6,8-11,17,22,31H,7,12-15H2,1-2H3,(H,29,30)(H,32,36)/t22?,27-/m1/s1. The van der Waals surface area contributed by atoms with E-state index < -0.39 is 16.8 Å². The average Bonchev–Trinajstić information content (AvgIpc) is 3.35. The van der Waals surface area contributed by atoms with E-state index in [2.05, 4.69) is 45.1 Å². The summed E-state index contributed by atoms with van der Waals surface area (Å²) in [5.41, 5.74) is 0.771. The maximum Gasteiger partial charge on any atom is 0.349 e. The van der Waals surface area contributed by atoms with E-state index in [0.717, 1.165) is 29.2 Å². The highest BCUT2D eigenvalue weighted by atomic mass is 16.2. The van der Waals surface area contributed by atoms with E-state index in [-0.39, 0.29) is 17.2 Å².